The lowest BCUT2D eigenvalue weighted by atomic mass is 10.1. The van der Waals surface area contributed by atoms with Gasteiger partial charge in [0.1, 0.15) is 0 Å². The zero-order valence-corrected chi connectivity index (χ0v) is 11.5. The van der Waals surface area contributed by atoms with Gasteiger partial charge >= 0.3 is 11.9 Å². The average molecular weight is 272 g/mol. The minimum absolute atomic E-state index is 0.756. The van der Waals surface area contributed by atoms with E-state index in [2.05, 4.69) is 11.7 Å². The zero-order valence-electron chi connectivity index (χ0n) is 11.5. The van der Waals surface area contributed by atoms with Crippen molar-refractivity contribution in [3.63, 3.8) is 0 Å². The van der Waals surface area contributed by atoms with Crippen LogP contribution in [0.1, 0.15) is 51.9 Å². The Morgan fingerprint density at radius 2 is 1.79 bits per heavy atom. The van der Waals surface area contributed by atoms with Gasteiger partial charge in [0.2, 0.25) is 0 Å². The number of unbranched alkanes of at least 4 members (excludes halogenated alkanes) is 6. The molecule has 110 valence electrons. The monoisotopic (exact) mass is 272 g/mol. The van der Waals surface area contributed by atoms with E-state index in [1.807, 2.05) is 0 Å². The van der Waals surface area contributed by atoms with E-state index in [0.717, 1.165) is 19.3 Å². The molecular weight excluding hydrogens is 248 g/mol. The fraction of sp³-hybridized carbons (Fsp3) is 0.714. The molecule has 0 aliphatic carbocycles. The second-order valence-corrected chi connectivity index (χ2v) is 4.40. The van der Waals surface area contributed by atoms with Crippen LogP contribution in [0.4, 0.5) is 0 Å². The predicted molar refractivity (Wildman–Crippen MR) is 71.3 cm³/mol. The summed E-state index contributed by atoms with van der Waals surface area (Å²) in [5.74, 6) is -1.94. The standard InChI is InChI=1S/C14H24O5/c1-2-3-4-5-6-7-8-9-10-13(17)19-14(18)12(16)11-15/h9-10,12,15-16H,2-8,11H2,1H3. The van der Waals surface area contributed by atoms with Crippen LogP contribution in [0.3, 0.4) is 0 Å². The summed E-state index contributed by atoms with van der Waals surface area (Å²) in [6, 6.07) is 0. The highest BCUT2D eigenvalue weighted by Gasteiger charge is 2.17. The fourth-order valence-electron chi connectivity index (χ4n) is 1.50. The van der Waals surface area contributed by atoms with Gasteiger partial charge in [0.25, 0.3) is 0 Å². The molecule has 0 aromatic rings. The molecule has 0 aromatic heterocycles. The van der Waals surface area contributed by atoms with Crippen LogP contribution >= 0.6 is 0 Å². The highest BCUT2D eigenvalue weighted by atomic mass is 16.6. The number of aliphatic hydroxyl groups excluding tert-OH is 2. The molecule has 0 heterocycles. The van der Waals surface area contributed by atoms with Crippen molar-refractivity contribution in [3.8, 4) is 0 Å². The highest BCUT2D eigenvalue weighted by Crippen LogP contribution is 2.07. The summed E-state index contributed by atoms with van der Waals surface area (Å²) >= 11 is 0. The van der Waals surface area contributed by atoms with Crippen molar-refractivity contribution in [2.75, 3.05) is 6.61 Å². The summed E-state index contributed by atoms with van der Waals surface area (Å²) in [5, 5.41) is 17.4. The SMILES string of the molecule is CCCCCCCCC=CC(=O)OC(=O)C(O)CO. The van der Waals surface area contributed by atoms with E-state index in [1.54, 1.807) is 6.08 Å². The van der Waals surface area contributed by atoms with Gasteiger partial charge in [-0.3, -0.25) is 0 Å². The molecule has 0 aliphatic rings. The molecule has 2 N–H and O–H groups in total. The van der Waals surface area contributed by atoms with E-state index < -0.39 is 24.6 Å². The van der Waals surface area contributed by atoms with Crippen molar-refractivity contribution in [2.24, 2.45) is 0 Å². The molecule has 1 atom stereocenters. The lowest BCUT2D eigenvalue weighted by Gasteiger charge is -2.03. The van der Waals surface area contributed by atoms with Gasteiger partial charge in [0.05, 0.1) is 6.61 Å². The van der Waals surface area contributed by atoms with Gasteiger partial charge in [-0.1, -0.05) is 45.1 Å². The van der Waals surface area contributed by atoms with E-state index in [9.17, 15) is 9.59 Å². The minimum Gasteiger partial charge on any atom is -0.393 e. The third kappa shape index (κ3) is 10.4. The summed E-state index contributed by atoms with van der Waals surface area (Å²) in [7, 11) is 0. The summed E-state index contributed by atoms with van der Waals surface area (Å²) < 4.78 is 4.29. The second-order valence-electron chi connectivity index (χ2n) is 4.40. The van der Waals surface area contributed by atoms with Gasteiger partial charge < -0.3 is 14.9 Å². The maximum atomic E-state index is 11.1. The van der Waals surface area contributed by atoms with Gasteiger partial charge in [-0.05, 0) is 12.8 Å². The van der Waals surface area contributed by atoms with E-state index in [-0.39, 0.29) is 0 Å². The molecule has 0 aliphatic heterocycles. The summed E-state index contributed by atoms with van der Waals surface area (Å²) in [6.07, 6.45) is 8.99. The second kappa shape index (κ2) is 11.9. The van der Waals surface area contributed by atoms with Crippen LogP contribution < -0.4 is 0 Å². The molecule has 5 heteroatoms. The quantitative estimate of drug-likeness (QED) is 0.274. The fourth-order valence-corrected chi connectivity index (χ4v) is 1.50. The van der Waals surface area contributed by atoms with Gasteiger partial charge in [-0.15, -0.1) is 0 Å². The molecule has 19 heavy (non-hydrogen) atoms. The van der Waals surface area contributed by atoms with Crippen molar-refractivity contribution < 1.29 is 24.5 Å². The van der Waals surface area contributed by atoms with E-state index in [0.29, 0.717) is 0 Å². The molecule has 0 amide bonds. The number of esters is 2. The Balaban J connectivity index is 3.60. The average Bonchev–Trinajstić information content (AvgIpc) is 2.40. The topological polar surface area (TPSA) is 83.8 Å². The molecule has 0 bridgehead atoms. The Morgan fingerprint density at radius 1 is 1.16 bits per heavy atom. The number of carbonyl (C=O) groups is 2. The number of ether oxygens (including phenoxy) is 1. The summed E-state index contributed by atoms with van der Waals surface area (Å²) in [6.45, 7) is 1.41. The Kier molecular flexibility index (Phi) is 11.1. The Morgan fingerprint density at radius 3 is 2.42 bits per heavy atom. The van der Waals surface area contributed by atoms with Crippen LogP contribution in [0.25, 0.3) is 0 Å². The molecule has 5 nitrogen and oxygen atoms in total. The van der Waals surface area contributed by atoms with Crippen LogP contribution in [0.5, 0.6) is 0 Å². The first-order valence-electron chi connectivity index (χ1n) is 6.83. The first kappa shape index (κ1) is 17.8. The molecule has 1 unspecified atom stereocenters. The van der Waals surface area contributed by atoms with Crippen molar-refractivity contribution in [2.45, 2.75) is 58.0 Å². The van der Waals surface area contributed by atoms with E-state index in [4.69, 9.17) is 10.2 Å². The lowest BCUT2D eigenvalue weighted by Crippen LogP contribution is -2.28. The number of aliphatic hydroxyl groups is 2. The van der Waals surface area contributed by atoms with Crippen LogP contribution in [0.15, 0.2) is 12.2 Å². The maximum Gasteiger partial charge on any atom is 0.345 e. The van der Waals surface area contributed by atoms with Gasteiger partial charge in [-0.2, -0.15) is 0 Å². The van der Waals surface area contributed by atoms with Crippen LogP contribution in [-0.4, -0.2) is 34.9 Å². The number of allylic oxidation sites excluding steroid dienone is 1. The molecule has 0 spiro atoms. The number of carbonyl (C=O) groups excluding carboxylic acids is 2. The van der Waals surface area contributed by atoms with Gasteiger partial charge in [-0.25, -0.2) is 9.59 Å². The first-order valence-corrected chi connectivity index (χ1v) is 6.83. The van der Waals surface area contributed by atoms with Crippen molar-refractivity contribution in [1.82, 2.24) is 0 Å². The molecule has 0 saturated carbocycles. The van der Waals surface area contributed by atoms with Crippen LogP contribution in [0.2, 0.25) is 0 Å². The molecular formula is C14H24O5. The normalized spacial score (nSPS) is 12.6. The molecule has 0 fully saturated rings. The molecule has 0 saturated heterocycles. The predicted octanol–water partition coefficient (Wildman–Crippen LogP) is 1.72. The van der Waals surface area contributed by atoms with Gasteiger partial charge in [0.15, 0.2) is 6.10 Å². The zero-order chi connectivity index (χ0) is 14.5. The third-order valence-electron chi connectivity index (χ3n) is 2.62. The molecule has 0 rings (SSSR count). The Labute approximate surface area is 114 Å². The van der Waals surface area contributed by atoms with E-state index >= 15 is 0 Å². The molecule has 0 aromatic carbocycles. The highest BCUT2D eigenvalue weighted by molar-refractivity contribution is 5.93. The minimum atomic E-state index is -1.66. The van der Waals surface area contributed by atoms with E-state index in [1.165, 1.54) is 31.8 Å². The first-order chi connectivity index (χ1) is 9.11. The van der Waals surface area contributed by atoms with Crippen LogP contribution in [-0.2, 0) is 14.3 Å². The molecule has 0 radical (unpaired) electrons. The van der Waals surface area contributed by atoms with Crippen LogP contribution in [0, 0.1) is 0 Å². The number of hydrogen-bond donors (Lipinski definition) is 2. The summed E-state index contributed by atoms with van der Waals surface area (Å²) in [4.78, 5) is 22.1. The number of rotatable bonds is 10. The van der Waals surface area contributed by atoms with Crippen molar-refractivity contribution in [1.29, 1.82) is 0 Å². The maximum absolute atomic E-state index is 11.1. The Bertz CT molecular complexity index is 286. The lowest BCUT2D eigenvalue weighted by molar-refractivity contribution is -0.164. The third-order valence-corrected chi connectivity index (χ3v) is 2.62. The number of hydrogen-bond acceptors (Lipinski definition) is 5. The largest absolute Gasteiger partial charge is 0.393 e. The summed E-state index contributed by atoms with van der Waals surface area (Å²) in [5.41, 5.74) is 0. The van der Waals surface area contributed by atoms with Gasteiger partial charge in [0, 0.05) is 6.08 Å². The van der Waals surface area contributed by atoms with Crippen molar-refractivity contribution >= 4 is 11.9 Å². The Hall–Kier alpha value is -1.20. The smallest absolute Gasteiger partial charge is 0.345 e. The van der Waals surface area contributed by atoms with Crippen molar-refractivity contribution in [3.05, 3.63) is 12.2 Å².